The summed E-state index contributed by atoms with van der Waals surface area (Å²) in [6, 6.07) is 0. The van der Waals surface area contributed by atoms with Crippen LogP contribution in [-0.2, 0) is 11.3 Å². The first kappa shape index (κ1) is 12.7. The van der Waals surface area contributed by atoms with Crippen LogP contribution in [-0.4, -0.2) is 46.8 Å². The Morgan fingerprint density at radius 3 is 2.44 bits per heavy atom. The predicted molar refractivity (Wildman–Crippen MR) is 71.5 cm³/mol. The van der Waals surface area contributed by atoms with Crippen LogP contribution in [0, 0.1) is 6.92 Å². The second-order valence-electron chi connectivity index (χ2n) is 4.63. The number of nitrogens with two attached hydrogens (primary N) is 1. The number of carbonyl (C=O) groups excluding carboxylic acids is 1. The molecule has 0 spiro atoms. The average Bonchev–Trinajstić information content (AvgIpc) is 2.65. The van der Waals surface area contributed by atoms with Gasteiger partial charge in [0, 0.05) is 39.6 Å². The molecular formula is C12H21N5O. The lowest BCUT2D eigenvalue weighted by Gasteiger charge is -2.35. The van der Waals surface area contributed by atoms with Gasteiger partial charge in [-0.1, -0.05) is 0 Å². The summed E-state index contributed by atoms with van der Waals surface area (Å²) in [4.78, 5) is 15.4. The third-order valence-corrected chi connectivity index (χ3v) is 3.47. The van der Waals surface area contributed by atoms with E-state index in [4.69, 9.17) is 5.73 Å². The third-order valence-electron chi connectivity index (χ3n) is 3.47. The molecule has 18 heavy (non-hydrogen) atoms. The van der Waals surface area contributed by atoms with Gasteiger partial charge in [0.05, 0.1) is 11.4 Å². The van der Waals surface area contributed by atoms with Gasteiger partial charge in [0.1, 0.15) is 0 Å². The molecule has 0 unspecified atom stereocenters. The molecule has 2 rings (SSSR count). The molecule has 6 heteroatoms. The molecule has 1 aromatic heterocycles. The first-order valence-corrected chi connectivity index (χ1v) is 6.38. The van der Waals surface area contributed by atoms with Crippen molar-refractivity contribution in [2.24, 2.45) is 0 Å². The number of rotatable bonds is 2. The predicted octanol–water partition coefficient (Wildman–Crippen LogP) is 0.462. The first-order chi connectivity index (χ1) is 8.54. The van der Waals surface area contributed by atoms with Crippen LogP contribution in [0.25, 0.3) is 0 Å². The highest BCUT2D eigenvalue weighted by Gasteiger charge is 2.23. The fraction of sp³-hybridized carbons (Fsp3) is 0.667. The summed E-state index contributed by atoms with van der Waals surface area (Å²) >= 11 is 0. The topological polar surface area (TPSA) is 67.4 Å². The zero-order chi connectivity index (χ0) is 13.3. The summed E-state index contributed by atoms with van der Waals surface area (Å²) in [5.74, 6) is 1.14. The molecule has 0 bridgehead atoms. The van der Waals surface area contributed by atoms with Crippen molar-refractivity contribution in [1.82, 2.24) is 14.7 Å². The molecule has 100 valence electrons. The number of amides is 1. The summed E-state index contributed by atoms with van der Waals surface area (Å²) in [6.45, 7) is 9.54. The Morgan fingerprint density at radius 1 is 1.33 bits per heavy atom. The smallest absolute Gasteiger partial charge is 0.219 e. The van der Waals surface area contributed by atoms with E-state index in [0.29, 0.717) is 0 Å². The summed E-state index contributed by atoms with van der Waals surface area (Å²) < 4.78 is 1.94. The van der Waals surface area contributed by atoms with E-state index in [2.05, 4.69) is 16.9 Å². The Kier molecular flexibility index (Phi) is 3.45. The Hall–Kier alpha value is -1.72. The third kappa shape index (κ3) is 2.14. The minimum absolute atomic E-state index is 0.141. The van der Waals surface area contributed by atoms with Crippen LogP contribution >= 0.6 is 0 Å². The van der Waals surface area contributed by atoms with Crippen molar-refractivity contribution in [3.05, 3.63) is 5.69 Å². The molecule has 6 nitrogen and oxygen atoms in total. The van der Waals surface area contributed by atoms with Crippen LogP contribution in [0.4, 0.5) is 11.5 Å². The lowest BCUT2D eigenvalue weighted by molar-refractivity contribution is -0.129. The molecule has 2 N–H and O–H groups in total. The van der Waals surface area contributed by atoms with Crippen LogP contribution < -0.4 is 10.6 Å². The van der Waals surface area contributed by atoms with E-state index < -0.39 is 0 Å². The number of hydrogen-bond acceptors (Lipinski definition) is 4. The SMILES string of the molecule is CCn1nc(C)c(N)c1N1CCN(C(C)=O)CC1. The van der Waals surface area contributed by atoms with Gasteiger partial charge < -0.3 is 15.5 Å². The van der Waals surface area contributed by atoms with Gasteiger partial charge in [-0.25, -0.2) is 4.68 Å². The van der Waals surface area contributed by atoms with Crippen LogP contribution in [0.1, 0.15) is 19.5 Å². The van der Waals surface area contributed by atoms with Crippen molar-refractivity contribution in [3.8, 4) is 0 Å². The highest BCUT2D eigenvalue weighted by molar-refractivity contribution is 5.74. The van der Waals surface area contributed by atoms with Gasteiger partial charge in [-0.2, -0.15) is 5.10 Å². The van der Waals surface area contributed by atoms with Crippen LogP contribution in [0.15, 0.2) is 0 Å². The first-order valence-electron chi connectivity index (χ1n) is 6.38. The lowest BCUT2D eigenvalue weighted by Crippen LogP contribution is -2.48. The zero-order valence-corrected chi connectivity index (χ0v) is 11.3. The summed E-state index contributed by atoms with van der Waals surface area (Å²) in [5, 5.41) is 4.43. The molecule has 1 fully saturated rings. The number of anilines is 2. The van der Waals surface area contributed by atoms with Gasteiger partial charge in [-0.15, -0.1) is 0 Å². The molecule has 0 aliphatic carbocycles. The van der Waals surface area contributed by atoms with Crippen molar-refractivity contribution < 1.29 is 4.79 Å². The highest BCUT2D eigenvalue weighted by atomic mass is 16.2. The van der Waals surface area contributed by atoms with Gasteiger partial charge in [-0.3, -0.25) is 4.79 Å². The standard InChI is InChI=1S/C12H21N5O/c1-4-17-12(11(13)9(2)14-17)16-7-5-15(6-8-16)10(3)18/h4-8,13H2,1-3H3. The maximum absolute atomic E-state index is 11.3. The highest BCUT2D eigenvalue weighted by Crippen LogP contribution is 2.27. The molecule has 0 saturated carbocycles. The maximum atomic E-state index is 11.3. The second-order valence-corrected chi connectivity index (χ2v) is 4.63. The maximum Gasteiger partial charge on any atom is 0.219 e. The van der Waals surface area contributed by atoms with Crippen LogP contribution in [0.5, 0.6) is 0 Å². The fourth-order valence-corrected chi connectivity index (χ4v) is 2.37. The number of carbonyl (C=O) groups is 1. The zero-order valence-electron chi connectivity index (χ0n) is 11.3. The Bertz CT molecular complexity index is 446. The minimum atomic E-state index is 0.141. The second kappa shape index (κ2) is 4.88. The van der Waals surface area contributed by atoms with Gasteiger partial charge in [0.15, 0.2) is 5.82 Å². The number of nitrogens with zero attached hydrogens (tertiary/aromatic N) is 4. The normalized spacial score (nSPS) is 16.2. The fourth-order valence-electron chi connectivity index (χ4n) is 2.37. The summed E-state index contributed by atoms with van der Waals surface area (Å²) in [7, 11) is 0. The summed E-state index contributed by atoms with van der Waals surface area (Å²) in [6.07, 6.45) is 0. The van der Waals surface area contributed by atoms with Gasteiger partial charge >= 0.3 is 0 Å². The molecule has 0 atom stereocenters. The lowest BCUT2D eigenvalue weighted by atomic mass is 10.3. The van der Waals surface area contributed by atoms with Crippen LogP contribution in [0.3, 0.4) is 0 Å². The van der Waals surface area contributed by atoms with Crippen molar-refractivity contribution in [1.29, 1.82) is 0 Å². The molecule has 1 aliphatic rings. The molecule has 1 amide bonds. The quantitative estimate of drug-likeness (QED) is 0.829. The van der Waals surface area contributed by atoms with E-state index in [1.54, 1.807) is 6.92 Å². The van der Waals surface area contributed by atoms with E-state index in [1.165, 1.54) is 0 Å². The van der Waals surface area contributed by atoms with Gasteiger partial charge in [0.2, 0.25) is 5.91 Å². The van der Waals surface area contributed by atoms with Gasteiger partial charge in [-0.05, 0) is 13.8 Å². The molecular weight excluding hydrogens is 230 g/mol. The van der Waals surface area contributed by atoms with Gasteiger partial charge in [0.25, 0.3) is 0 Å². The summed E-state index contributed by atoms with van der Waals surface area (Å²) in [5.41, 5.74) is 7.73. The number of aryl methyl sites for hydroxylation is 2. The molecule has 1 aliphatic heterocycles. The monoisotopic (exact) mass is 251 g/mol. The molecule has 0 aromatic carbocycles. The van der Waals surface area contributed by atoms with Crippen molar-refractivity contribution in [2.45, 2.75) is 27.3 Å². The molecule has 1 aromatic rings. The van der Waals surface area contributed by atoms with E-state index >= 15 is 0 Å². The number of hydrogen-bond donors (Lipinski definition) is 1. The number of nitrogen functional groups attached to an aromatic ring is 1. The van der Waals surface area contributed by atoms with E-state index in [0.717, 1.165) is 49.9 Å². The average molecular weight is 251 g/mol. The van der Waals surface area contributed by atoms with E-state index in [1.807, 2.05) is 16.5 Å². The Balaban J connectivity index is 2.16. The molecule has 1 saturated heterocycles. The largest absolute Gasteiger partial charge is 0.394 e. The molecule has 0 radical (unpaired) electrons. The Morgan fingerprint density at radius 2 is 1.94 bits per heavy atom. The van der Waals surface area contributed by atoms with Crippen molar-refractivity contribution in [3.63, 3.8) is 0 Å². The van der Waals surface area contributed by atoms with Crippen molar-refractivity contribution in [2.75, 3.05) is 36.8 Å². The Labute approximate surface area is 107 Å². The molecule has 2 heterocycles. The van der Waals surface area contributed by atoms with E-state index in [-0.39, 0.29) is 5.91 Å². The van der Waals surface area contributed by atoms with E-state index in [9.17, 15) is 4.79 Å². The number of piperazine rings is 1. The number of aromatic nitrogens is 2. The minimum Gasteiger partial charge on any atom is -0.394 e. The van der Waals surface area contributed by atoms with Crippen molar-refractivity contribution >= 4 is 17.4 Å². The van der Waals surface area contributed by atoms with Crippen LogP contribution in [0.2, 0.25) is 0 Å².